The molecule has 3 nitrogen and oxygen atoms in total. The molecular weight excluding hydrogens is 150 g/mol. The maximum Gasteiger partial charge on any atom is 0.0456 e. The molecule has 0 amide bonds. The van der Waals surface area contributed by atoms with E-state index in [0.717, 1.165) is 25.7 Å². The molecule has 3 heteroatoms. The van der Waals surface area contributed by atoms with Crippen molar-refractivity contribution in [3.05, 3.63) is 0 Å². The Balaban J connectivity index is 2.11. The highest BCUT2D eigenvalue weighted by Gasteiger charge is 2.19. The zero-order valence-electron chi connectivity index (χ0n) is 8.19. The zero-order chi connectivity index (χ0) is 8.81. The average molecular weight is 171 g/mol. The van der Waals surface area contributed by atoms with Gasteiger partial charge in [0.25, 0.3) is 0 Å². The highest BCUT2D eigenvalue weighted by atomic mass is 15.1. The molecule has 1 saturated heterocycles. The molecule has 0 radical (unpaired) electrons. The lowest BCUT2D eigenvalue weighted by Crippen LogP contribution is -2.50. The van der Waals surface area contributed by atoms with Crippen LogP contribution in [0.15, 0.2) is 0 Å². The molecular formula is C9H21N3. The minimum Gasteiger partial charge on any atom is -0.317 e. The first-order valence-corrected chi connectivity index (χ1v) is 4.99. The van der Waals surface area contributed by atoms with Crippen LogP contribution in [0.2, 0.25) is 0 Å². The van der Waals surface area contributed by atoms with Crippen LogP contribution in [0, 0.1) is 5.92 Å². The maximum atomic E-state index is 3.42. The van der Waals surface area contributed by atoms with Crippen molar-refractivity contribution in [3.8, 4) is 0 Å². The molecule has 0 aromatic carbocycles. The van der Waals surface area contributed by atoms with E-state index < -0.39 is 0 Å². The molecule has 1 aliphatic heterocycles. The molecule has 0 saturated carbocycles. The van der Waals surface area contributed by atoms with Crippen LogP contribution in [-0.4, -0.2) is 32.3 Å². The third-order valence-electron chi connectivity index (χ3n) is 2.60. The summed E-state index contributed by atoms with van der Waals surface area (Å²) in [7, 11) is 0. The van der Waals surface area contributed by atoms with Crippen molar-refractivity contribution in [2.45, 2.75) is 26.3 Å². The van der Waals surface area contributed by atoms with E-state index in [2.05, 4.69) is 29.8 Å². The van der Waals surface area contributed by atoms with E-state index in [9.17, 15) is 0 Å². The van der Waals surface area contributed by atoms with Crippen molar-refractivity contribution < 1.29 is 0 Å². The molecule has 1 aliphatic rings. The number of hydrogen-bond donors (Lipinski definition) is 3. The van der Waals surface area contributed by atoms with Crippen LogP contribution in [-0.2, 0) is 0 Å². The van der Waals surface area contributed by atoms with Gasteiger partial charge in [0.05, 0.1) is 0 Å². The molecule has 0 aromatic rings. The fourth-order valence-electron chi connectivity index (χ4n) is 1.65. The maximum absolute atomic E-state index is 3.42. The smallest absolute Gasteiger partial charge is 0.0456 e. The van der Waals surface area contributed by atoms with Crippen LogP contribution in [0.4, 0.5) is 0 Å². The lowest BCUT2D eigenvalue weighted by Gasteiger charge is -2.30. The van der Waals surface area contributed by atoms with E-state index >= 15 is 0 Å². The van der Waals surface area contributed by atoms with Crippen LogP contribution in [0.3, 0.4) is 0 Å². The van der Waals surface area contributed by atoms with Crippen LogP contribution in [0.1, 0.15) is 20.3 Å². The number of hydrogen-bond acceptors (Lipinski definition) is 3. The Morgan fingerprint density at radius 1 is 1.50 bits per heavy atom. The van der Waals surface area contributed by atoms with Crippen LogP contribution < -0.4 is 16.0 Å². The highest BCUT2D eigenvalue weighted by Crippen LogP contribution is 2.09. The summed E-state index contributed by atoms with van der Waals surface area (Å²) in [6, 6.07) is 0.671. The largest absolute Gasteiger partial charge is 0.317 e. The molecule has 0 aromatic heterocycles. The Hall–Kier alpha value is -0.120. The lowest BCUT2D eigenvalue weighted by molar-refractivity contribution is 0.279. The van der Waals surface area contributed by atoms with Gasteiger partial charge in [-0.15, -0.1) is 0 Å². The van der Waals surface area contributed by atoms with Gasteiger partial charge >= 0.3 is 0 Å². The van der Waals surface area contributed by atoms with Crippen molar-refractivity contribution in [1.29, 1.82) is 0 Å². The van der Waals surface area contributed by atoms with Crippen molar-refractivity contribution in [2.75, 3.05) is 26.3 Å². The van der Waals surface area contributed by atoms with E-state index in [1.54, 1.807) is 0 Å². The summed E-state index contributed by atoms with van der Waals surface area (Å²) in [4.78, 5) is 0. The predicted octanol–water partition coefficient (Wildman–Crippen LogP) is 0.141. The SMILES string of the molecule is CCNCC[C@@H]1CNCN[C@H]1C. The summed E-state index contributed by atoms with van der Waals surface area (Å²) >= 11 is 0. The van der Waals surface area contributed by atoms with Gasteiger partial charge in [0, 0.05) is 19.3 Å². The molecule has 1 fully saturated rings. The molecule has 1 rings (SSSR count). The summed E-state index contributed by atoms with van der Waals surface area (Å²) in [6.07, 6.45) is 1.27. The fourth-order valence-corrected chi connectivity index (χ4v) is 1.65. The highest BCUT2D eigenvalue weighted by molar-refractivity contribution is 4.78. The van der Waals surface area contributed by atoms with Crippen LogP contribution in [0.25, 0.3) is 0 Å². The van der Waals surface area contributed by atoms with E-state index in [1.807, 2.05) is 0 Å². The van der Waals surface area contributed by atoms with Crippen LogP contribution >= 0.6 is 0 Å². The minimum atomic E-state index is 0.671. The standard InChI is InChI=1S/C9H21N3/c1-3-10-5-4-9-6-11-7-12-8(9)2/h8-12H,3-7H2,1-2H3/t8-,9+/m0/s1. The normalized spacial score (nSPS) is 30.5. The first-order valence-electron chi connectivity index (χ1n) is 4.99. The van der Waals surface area contributed by atoms with Gasteiger partial charge in [0.2, 0.25) is 0 Å². The third kappa shape index (κ3) is 3.09. The molecule has 3 N–H and O–H groups in total. The topological polar surface area (TPSA) is 36.1 Å². The van der Waals surface area contributed by atoms with Gasteiger partial charge in [-0.2, -0.15) is 0 Å². The molecule has 0 aliphatic carbocycles. The van der Waals surface area contributed by atoms with Crippen LogP contribution in [0.5, 0.6) is 0 Å². The predicted molar refractivity (Wildman–Crippen MR) is 52.1 cm³/mol. The molecule has 0 spiro atoms. The van der Waals surface area contributed by atoms with Gasteiger partial charge in [-0.1, -0.05) is 6.92 Å². The minimum absolute atomic E-state index is 0.671. The second-order valence-corrected chi connectivity index (χ2v) is 3.53. The molecule has 2 atom stereocenters. The molecule has 12 heavy (non-hydrogen) atoms. The summed E-state index contributed by atoms with van der Waals surface area (Å²) in [5.41, 5.74) is 0. The summed E-state index contributed by atoms with van der Waals surface area (Å²) in [5, 5.41) is 10.1. The Labute approximate surface area is 75.3 Å². The van der Waals surface area contributed by atoms with Gasteiger partial charge in [0.1, 0.15) is 0 Å². The fraction of sp³-hybridized carbons (Fsp3) is 1.00. The van der Waals surface area contributed by atoms with Gasteiger partial charge in [-0.3, -0.25) is 0 Å². The first-order chi connectivity index (χ1) is 5.84. The Kier molecular flexibility index (Phi) is 4.58. The quantitative estimate of drug-likeness (QED) is 0.527. The van der Waals surface area contributed by atoms with E-state index in [0.29, 0.717) is 6.04 Å². The van der Waals surface area contributed by atoms with E-state index in [4.69, 9.17) is 0 Å². The first kappa shape index (κ1) is 9.96. The van der Waals surface area contributed by atoms with Gasteiger partial charge < -0.3 is 16.0 Å². The van der Waals surface area contributed by atoms with Crippen molar-refractivity contribution >= 4 is 0 Å². The van der Waals surface area contributed by atoms with Crippen molar-refractivity contribution in [1.82, 2.24) is 16.0 Å². The molecule has 0 bridgehead atoms. The second-order valence-electron chi connectivity index (χ2n) is 3.53. The zero-order valence-corrected chi connectivity index (χ0v) is 8.19. The van der Waals surface area contributed by atoms with Gasteiger partial charge in [0.15, 0.2) is 0 Å². The summed E-state index contributed by atoms with van der Waals surface area (Å²) < 4.78 is 0. The summed E-state index contributed by atoms with van der Waals surface area (Å²) in [5.74, 6) is 0.790. The molecule has 0 unspecified atom stereocenters. The van der Waals surface area contributed by atoms with E-state index in [-0.39, 0.29) is 0 Å². The van der Waals surface area contributed by atoms with Gasteiger partial charge in [-0.05, 0) is 32.4 Å². The number of rotatable bonds is 4. The molecule has 1 heterocycles. The van der Waals surface area contributed by atoms with E-state index in [1.165, 1.54) is 13.0 Å². The van der Waals surface area contributed by atoms with Gasteiger partial charge in [-0.25, -0.2) is 0 Å². The third-order valence-corrected chi connectivity index (χ3v) is 2.60. The second kappa shape index (κ2) is 5.51. The van der Waals surface area contributed by atoms with Crippen molar-refractivity contribution in [3.63, 3.8) is 0 Å². The average Bonchev–Trinajstić information content (AvgIpc) is 2.09. The lowest BCUT2D eigenvalue weighted by atomic mass is 9.96. The monoisotopic (exact) mass is 171 g/mol. The number of nitrogens with one attached hydrogen (secondary N) is 3. The summed E-state index contributed by atoms with van der Waals surface area (Å²) in [6.45, 7) is 8.80. The Morgan fingerprint density at radius 3 is 3.00 bits per heavy atom. The van der Waals surface area contributed by atoms with Crippen molar-refractivity contribution in [2.24, 2.45) is 5.92 Å². The Bertz CT molecular complexity index is 116. The molecule has 72 valence electrons. The Morgan fingerprint density at radius 2 is 2.33 bits per heavy atom.